The smallest absolute Gasteiger partial charge is 0.257 e. The van der Waals surface area contributed by atoms with Crippen molar-refractivity contribution in [3.8, 4) is 0 Å². The highest BCUT2D eigenvalue weighted by molar-refractivity contribution is 8.04. The van der Waals surface area contributed by atoms with E-state index in [1.165, 1.54) is 17.3 Å². The summed E-state index contributed by atoms with van der Waals surface area (Å²) in [5.41, 5.74) is 15.6. The molecule has 1 aliphatic rings. The van der Waals surface area contributed by atoms with E-state index in [1.807, 2.05) is 11.8 Å². The lowest BCUT2D eigenvalue weighted by molar-refractivity contribution is -0.113. The number of thioether (sulfide) groups is 1. The van der Waals surface area contributed by atoms with Crippen LogP contribution in [0.1, 0.15) is 37.8 Å². The van der Waals surface area contributed by atoms with Gasteiger partial charge in [-0.05, 0) is 30.9 Å². The van der Waals surface area contributed by atoms with Gasteiger partial charge in [0, 0.05) is 11.4 Å². The highest BCUT2D eigenvalue weighted by Crippen LogP contribution is 2.42. The van der Waals surface area contributed by atoms with Crippen LogP contribution in [0, 0.1) is 6.92 Å². The fourth-order valence-corrected chi connectivity index (χ4v) is 3.56. The fourth-order valence-electron chi connectivity index (χ4n) is 2.57. The van der Waals surface area contributed by atoms with E-state index in [9.17, 15) is 4.79 Å². The summed E-state index contributed by atoms with van der Waals surface area (Å²) in [5.74, 6) is -0.0299. The molecule has 0 saturated carbocycles. The van der Waals surface area contributed by atoms with Crippen molar-refractivity contribution < 1.29 is 4.79 Å². The molecule has 1 amide bonds. The molecular formula is C15H21N3OS. The van der Waals surface area contributed by atoms with E-state index in [-0.39, 0.29) is 5.50 Å². The van der Waals surface area contributed by atoms with Crippen LogP contribution in [0.25, 0.3) is 0 Å². The zero-order chi connectivity index (χ0) is 15.0. The first-order valence-corrected chi connectivity index (χ1v) is 7.54. The second-order valence-electron chi connectivity index (χ2n) is 5.32. The highest BCUT2D eigenvalue weighted by atomic mass is 32.2. The first kappa shape index (κ1) is 14.9. The minimum atomic E-state index is -0.412. The van der Waals surface area contributed by atoms with Gasteiger partial charge in [0.2, 0.25) is 0 Å². The van der Waals surface area contributed by atoms with Gasteiger partial charge in [0.15, 0.2) is 0 Å². The normalized spacial score (nSPS) is 19.1. The molecule has 0 fully saturated rings. The highest BCUT2D eigenvalue weighted by Gasteiger charge is 2.33. The second kappa shape index (κ2) is 5.50. The van der Waals surface area contributed by atoms with E-state index < -0.39 is 5.91 Å². The Balaban J connectivity index is 2.60. The molecule has 0 spiro atoms. The summed E-state index contributed by atoms with van der Waals surface area (Å²) < 4.78 is 0. The molecular weight excluding hydrogens is 270 g/mol. The second-order valence-corrected chi connectivity index (χ2v) is 6.45. The number of anilines is 1. The van der Waals surface area contributed by atoms with Gasteiger partial charge in [0.25, 0.3) is 5.91 Å². The van der Waals surface area contributed by atoms with Gasteiger partial charge in [0.05, 0.1) is 4.91 Å². The molecule has 0 aromatic heterocycles. The van der Waals surface area contributed by atoms with E-state index in [2.05, 4.69) is 39.0 Å². The van der Waals surface area contributed by atoms with E-state index in [1.54, 1.807) is 0 Å². The van der Waals surface area contributed by atoms with Gasteiger partial charge in [-0.15, -0.1) is 0 Å². The van der Waals surface area contributed by atoms with Crippen molar-refractivity contribution in [3.05, 3.63) is 39.9 Å². The molecule has 1 aromatic rings. The summed E-state index contributed by atoms with van der Waals surface area (Å²) in [6.45, 7) is 8.27. The van der Waals surface area contributed by atoms with Crippen LogP contribution in [0.4, 0.5) is 5.69 Å². The van der Waals surface area contributed by atoms with Gasteiger partial charge in [-0.3, -0.25) is 4.79 Å². The first-order valence-electron chi connectivity index (χ1n) is 6.66. The van der Waals surface area contributed by atoms with E-state index >= 15 is 0 Å². The van der Waals surface area contributed by atoms with Gasteiger partial charge in [-0.25, -0.2) is 0 Å². The molecule has 2 rings (SSSR count). The van der Waals surface area contributed by atoms with E-state index in [0.29, 0.717) is 10.8 Å². The molecule has 1 aliphatic heterocycles. The SMILES string of the molecule is CC1=C(C(N)=O)SC(N)N1c1c(C)cccc1C(C)C. The van der Waals surface area contributed by atoms with E-state index in [0.717, 1.165) is 16.9 Å². The quantitative estimate of drug-likeness (QED) is 0.898. The Bertz CT molecular complexity index is 580. The van der Waals surface area contributed by atoms with Crippen molar-refractivity contribution in [2.24, 2.45) is 11.5 Å². The van der Waals surface area contributed by atoms with E-state index in [4.69, 9.17) is 11.5 Å². The number of hydrogen-bond donors (Lipinski definition) is 2. The van der Waals surface area contributed by atoms with Crippen LogP contribution in [0.3, 0.4) is 0 Å². The number of carbonyl (C=O) groups excluding carboxylic acids is 1. The maximum Gasteiger partial charge on any atom is 0.257 e. The van der Waals surface area contributed by atoms with Crippen LogP contribution in [0.2, 0.25) is 0 Å². The Labute approximate surface area is 124 Å². The topological polar surface area (TPSA) is 72.3 Å². The average molecular weight is 291 g/mol. The zero-order valence-electron chi connectivity index (χ0n) is 12.3. The van der Waals surface area contributed by atoms with Crippen molar-refractivity contribution in [1.82, 2.24) is 0 Å². The standard InChI is InChI=1S/C15H21N3OS/c1-8(2)11-7-5-6-9(3)12(11)18-10(4)13(14(16)19)20-15(18)17/h5-8,15H,17H2,1-4H3,(H2,16,19). The Kier molecular flexibility index (Phi) is 4.11. The molecule has 0 bridgehead atoms. The van der Waals surface area contributed by atoms with Gasteiger partial charge in [-0.2, -0.15) is 0 Å². The molecule has 0 radical (unpaired) electrons. The maximum atomic E-state index is 11.5. The predicted molar refractivity (Wildman–Crippen MR) is 85.2 cm³/mol. The number of benzene rings is 1. The lowest BCUT2D eigenvalue weighted by Gasteiger charge is -2.30. The summed E-state index contributed by atoms with van der Waals surface area (Å²) in [6, 6.07) is 6.23. The summed E-state index contributed by atoms with van der Waals surface area (Å²) in [7, 11) is 0. The van der Waals surface area contributed by atoms with Crippen LogP contribution in [0.5, 0.6) is 0 Å². The number of aryl methyl sites for hydroxylation is 1. The molecule has 20 heavy (non-hydrogen) atoms. The number of primary amides is 1. The molecule has 108 valence electrons. The lowest BCUT2D eigenvalue weighted by atomic mass is 9.97. The fraction of sp³-hybridized carbons (Fsp3) is 0.400. The summed E-state index contributed by atoms with van der Waals surface area (Å²) in [6.07, 6.45) is 0. The number of rotatable bonds is 3. The number of nitrogens with two attached hydrogens (primary N) is 2. The van der Waals surface area contributed by atoms with Crippen molar-refractivity contribution in [2.45, 2.75) is 39.1 Å². The Hall–Kier alpha value is -1.46. The Morgan fingerprint density at radius 2 is 2.00 bits per heavy atom. The molecule has 1 unspecified atom stereocenters. The predicted octanol–water partition coefficient (Wildman–Crippen LogP) is 2.63. The third kappa shape index (κ3) is 2.43. The number of carbonyl (C=O) groups is 1. The number of hydrogen-bond acceptors (Lipinski definition) is 4. The first-order chi connectivity index (χ1) is 9.34. The van der Waals surface area contributed by atoms with Crippen LogP contribution in [0.15, 0.2) is 28.8 Å². The van der Waals surface area contributed by atoms with Crippen LogP contribution >= 0.6 is 11.8 Å². The average Bonchev–Trinajstić information content (AvgIpc) is 2.65. The monoisotopic (exact) mass is 291 g/mol. The van der Waals surface area contributed by atoms with Crippen molar-refractivity contribution in [3.63, 3.8) is 0 Å². The minimum Gasteiger partial charge on any atom is -0.365 e. The maximum absolute atomic E-state index is 11.5. The number of para-hydroxylation sites is 1. The zero-order valence-corrected chi connectivity index (χ0v) is 13.1. The Morgan fingerprint density at radius 3 is 2.50 bits per heavy atom. The van der Waals surface area contributed by atoms with Crippen molar-refractivity contribution in [1.29, 1.82) is 0 Å². The molecule has 0 saturated heterocycles. The van der Waals surface area contributed by atoms with Crippen LogP contribution < -0.4 is 16.4 Å². The molecule has 4 nitrogen and oxygen atoms in total. The van der Waals surface area contributed by atoms with Gasteiger partial charge in [0.1, 0.15) is 5.50 Å². The van der Waals surface area contributed by atoms with Crippen molar-refractivity contribution in [2.75, 3.05) is 4.90 Å². The Morgan fingerprint density at radius 1 is 1.35 bits per heavy atom. The molecule has 0 aliphatic carbocycles. The molecule has 1 atom stereocenters. The van der Waals surface area contributed by atoms with Crippen molar-refractivity contribution >= 4 is 23.4 Å². The summed E-state index contributed by atoms with van der Waals surface area (Å²) in [4.78, 5) is 14.1. The number of amides is 1. The molecule has 1 aromatic carbocycles. The number of allylic oxidation sites excluding steroid dienone is 1. The lowest BCUT2D eigenvalue weighted by Crippen LogP contribution is -2.35. The minimum absolute atomic E-state index is 0.309. The summed E-state index contributed by atoms with van der Waals surface area (Å²) >= 11 is 1.32. The van der Waals surface area contributed by atoms with Crippen LogP contribution in [-0.4, -0.2) is 11.4 Å². The van der Waals surface area contributed by atoms with Crippen LogP contribution in [-0.2, 0) is 4.79 Å². The third-order valence-electron chi connectivity index (χ3n) is 3.54. The molecule has 5 heteroatoms. The van der Waals surface area contributed by atoms with Gasteiger partial charge in [-0.1, -0.05) is 43.8 Å². The molecule has 1 heterocycles. The summed E-state index contributed by atoms with van der Waals surface area (Å²) in [5, 5.41) is 0. The van der Waals surface area contributed by atoms with Gasteiger partial charge < -0.3 is 16.4 Å². The largest absolute Gasteiger partial charge is 0.365 e. The van der Waals surface area contributed by atoms with Gasteiger partial charge >= 0.3 is 0 Å². The molecule has 4 N–H and O–H groups in total. The number of nitrogens with zero attached hydrogens (tertiary/aromatic N) is 1. The third-order valence-corrected chi connectivity index (χ3v) is 4.72.